The zero-order valence-corrected chi connectivity index (χ0v) is 14.4. The minimum atomic E-state index is -0.501. The molecule has 0 aromatic heterocycles. The van der Waals surface area contributed by atoms with Crippen LogP contribution in [0, 0.1) is 0 Å². The molecule has 2 aliphatic rings. The SMILES string of the molecule is CC(C)OCC1COC(CC(C)OCC2COC(C)(C)O2)O1. The minimum absolute atomic E-state index is 0.00458. The Morgan fingerprint density at radius 2 is 1.77 bits per heavy atom. The van der Waals surface area contributed by atoms with E-state index in [0.29, 0.717) is 32.8 Å². The van der Waals surface area contributed by atoms with Crippen molar-refractivity contribution in [1.82, 2.24) is 0 Å². The summed E-state index contributed by atoms with van der Waals surface area (Å²) in [6.45, 7) is 12.1. The van der Waals surface area contributed by atoms with Crippen molar-refractivity contribution in [2.75, 3.05) is 26.4 Å². The summed E-state index contributed by atoms with van der Waals surface area (Å²) < 4.78 is 34.0. The van der Waals surface area contributed by atoms with Crippen molar-refractivity contribution in [2.24, 2.45) is 0 Å². The molecule has 2 fully saturated rings. The van der Waals surface area contributed by atoms with E-state index in [1.54, 1.807) is 0 Å². The van der Waals surface area contributed by atoms with Crippen molar-refractivity contribution < 1.29 is 28.4 Å². The van der Waals surface area contributed by atoms with Crippen LogP contribution in [0.3, 0.4) is 0 Å². The van der Waals surface area contributed by atoms with Gasteiger partial charge in [0.25, 0.3) is 0 Å². The van der Waals surface area contributed by atoms with Gasteiger partial charge in [0, 0.05) is 6.42 Å². The molecule has 0 amide bonds. The van der Waals surface area contributed by atoms with Crippen molar-refractivity contribution in [3.63, 3.8) is 0 Å². The Balaban J connectivity index is 1.59. The molecule has 0 aliphatic carbocycles. The third-order valence-electron chi connectivity index (χ3n) is 3.59. The molecule has 0 radical (unpaired) electrons. The molecule has 4 unspecified atom stereocenters. The van der Waals surface area contributed by atoms with E-state index in [2.05, 4.69) is 0 Å². The highest BCUT2D eigenvalue weighted by Crippen LogP contribution is 2.23. The van der Waals surface area contributed by atoms with Crippen molar-refractivity contribution in [3.05, 3.63) is 0 Å². The average Bonchev–Trinajstić information content (AvgIpc) is 3.00. The van der Waals surface area contributed by atoms with Gasteiger partial charge in [-0.25, -0.2) is 0 Å². The van der Waals surface area contributed by atoms with Crippen LogP contribution < -0.4 is 0 Å². The highest BCUT2D eigenvalue weighted by molar-refractivity contribution is 4.72. The molecule has 0 N–H and O–H groups in total. The molecule has 2 heterocycles. The topological polar surface area (TPSA) is 55.4 Å². The molecule has 4 atom stereocenters. The highest BCUT2D eigenvalue weighted by Gasteiger charge is 2.33. The number of ether oxygens (including phenoxy) is 6. The van der Waals surface area contributed by atoms with Crippen LogP contribution in [0.2, 0.25) is 0 Å². The smallest absolute Gasteiger partial charge is 0.163 e. The highest BCUT2D eigenvalue weighted by atomic mass is 16.8. The van der Waals surface area contributed by atoms with E-state index in [4.69, 9.17) is 28.4 Å². The maximum Gasteiger partial charge on any atom is 0.163 e. The Morgan fingerprint density at radius 3 is 2.41 bits per heavy atom. The van der Waals surface area contributed by atoms with Crippen LogP contribution in [0.15, 0.2) is 0 Å². The fraction of sp³-hybridized carbons (Fsp3) is 1.00. The summed E-state index contributed by atoms with van der Waals surface area (Å²) in [5.74, 6) is -0.501. The molecule has 0 bridgehead atoms. The molecule has 0 aromatic carbocycles. The summed E-state index contributed by atoms with van der Waals surface area (Å²) in [5.41, 5.74) is 0. The van der Waals surface area contributed by atoms with Crippen molar-refractivity contribution in [1.29, 1.82) is 0 Å². The van der Waals surface area contributed by atoms with Gasteiger partial charge in [-0.1, -0.05) is 0 Å². The normalized spacial score (nSPS) is 32.7. The molecule has 130 valence electrons. The Bertz CT molecular complexity index is 333. The first kappa shape index (κ1) is 18.1. The van der Waals surface area contributed by atoms with Gasteiger partial charge in [-0.15, -0.1) is 0 Å². The van der Waals surface area contributed by atoms with E-state index in [-0.39, 0.29) is 30.7 Å². The van der Waals surface area contributed by atoms with Crippen molar-refractivity contribution >= 4 is 0 Å². The van der Waals surface area contributed by atoms with Crippen LogP contribution in [-0.4, -0.2) is 62.9 Å². The minimum Gasteiger partial charge on any atom is -0.376 e. The van der Waals surface area contributed by atoms with Gasteiger partial charge >= 0.3 is 0 Å². The maximum absolute atomic E-state index is 5.82. The summed E-state index contributed by atoms with van der Waals surface area (Å²) in [5, 5.41) is 0. The van der Waals surface area contributed by atoms with Gasteiger partial charge in [-0.3, -0.25) is 0 Å². The molecule has 2 rings (SSSR count). The van der Waals surface area contributed by atoms with E-state index in [0.717, 1.165) is 0 Å². The van der Waals surface area contributed by atoms with Gasteiger partial charge in [-0.2, -0.15) is 0 Å². The standard InChI is InChI=1S/C16H30O6/c1-11(2)17-7-13-8-19-15(21-13)6-12(3)18-9-14-10-20-16(4,5)22-14/h11-15H,6-10H2,1-5H3. The second-order valence-corrected chi connectivity index (χ2v) is 6.73. The summed E-state index contributed by atoms with van der Waals surface area (Å²) in [7, 11) is 0. The summed E-state index contributed by atoms with van der Waals surface area (Å²) in [4.78, 5) is 0. The third kappa shape index (κ3) is 6.10. The van der Waals surface area contributed by atoms with E-state index in [1.165, 1.54) is 0 Å². The second-order valence-electron chi connectivity index (χ2n) is 6.73. The zero-order chi connectivity index (χ0) is 16.2. The van der Waals surface area contributed by atoms with E-state index >= 15 is 0 Å². The molecule has 0 aromatic rings. The van der Waals surface area contributed by atoms with Gasteiger partial charge in [0.15, 0.2) is 12.1 Å². The van der Waals surface area contributed by atoms with Crippen LogP contribution in [0.5, 0.6) is 0 Å². The predicted molar refractivity (Wildman–Crippen MR) is 80.6 cm³/mol. The predicted octanol–water partition coefficient (Wildman–Crippen LogP) is 2.10. The molecule has 0 spiro atoms. The average molecular weight is 318 g/mol. The lowest BCUT2D eigenvalue weighted by molar-refractivity contribution is -0.151. The largest absolute Gasteiger partial charge is 0.376 e. The van der Waals surface area contributed by atoms with Crippen LogP contribution in [-0.2, 0) is 28.4 Å². The Kier molecular flexibility index (Phi) is 6.61. The second kappa shape index (κ2) is 8.04. The Labute approximate surface area is 133 Å². The van der Waals surface area contributed by atoms with Gasteiger partial charge in [0.05, 0.1) is 38.6 Å². The fourth-order valence-electron chi connectivity index (χ4n) is 2.47. The maximum atomic E-state index is 5.82. The van der Waals surface area contributed by atoms with Crippen LogP contribution in [0.25, 0.3) is 0 Å². The first-order chi connectivity index (χ1) is 10.3. The molecular weight excluding hydrogens is 288 g/mol. The van der Waals surface area contributed by atoms with Crippen LogP contribution in [0.1, 0.15) is 41.0 Å². The lowest BCUT2D eigenvalue weighted by Crippen LogP contribution is -2.27. The van der Waals surface area contributed by atoms with Gasteiger partial charge < -0.3 is 28.4 Å². The van der Waals surface area contributed by atoms with Crippen LogP contribution >= 0.6 is 0 Å². The first-order valence-corrected chi connectivity index (χ1v) is 8.16. The number of rotatable bonds is 8. The first-order valence-electron chi connectivity index (χ1n) is 8.16. The van der Waals surface area contributed by atoms with Gasteiger partial charge in [-0.05, 0) is 34.6 Å². The molecule has 22 heavy (non-hydrogen) atoms. The van der Waals surface area contributed by atoms with E-state index in [9.17, 15) is 0 Å². The van der Waals surface area contributed by atoms with E-state index < -0.39 is 5.79 Å². The fourth-order valence-corrected chi connectivity index (χ4v) is 2.47. The molecule has 6 heteroatoms. The Morgan fingerprint density at radius 1 is 1.05 bits per heavy atom. The lowest BCUT2D eigenvalue weighted by Gasteiger charge is -2.20. The third-order valence-corrected chi connectivity index (χ3v) is 3.59. The summed E-state index contributed by atoms with van der Waals surface area (Å²) >= 11 is 0. The monoisotopic (exact) mass is 318 g/mol. The van der Waals surface area contributed by atoms with Crippen LogP contribution in [0.4, 0.5) is 0 Å². The van der Waals surface area contributed by atoms with E-state index in [1.807, 2.05) is 34.6 Å². The van der Waals surface area contributed by atoms with Gasteiger partial charge in [0.1, 0.15) is 12.2 Å². The van der Waals surface area contributed by atoms with Gasteiger partial charge in [0.2, 0.25) is 0 Å². The number of hydrogen-bond donors (Lipinski definition) is 0. The summed E-state index contributed by atoms with van der Waals surface area (Å²) in [6.07, 6.45) is 0.759. The summed E-state index contributed by atoms with van der Waals surface area (Å²) in [6, 6.07) is 0. The molecule has 6 nitrogen and oxygen atoms in total. The van der Waals surface area contributed by atoms with Crippen molar-refractivity contribution in [3.8, 4) is 0 Å². The number of hydrogen-bond acceptors (Lipinski definition) is 6. The lowest BCUT2D eigenvalue weighted by atomic mass is 10.2. The molecule has 2 aliphatic heterocycles. The quantitative estimate of drug-likeness (QED) is 0.683. The zero-order valence-electron chi connectivity index (χ0n) is 14.4. The Hall–Kier alpha value is -0.240. The van der Waals surface area contributed by atoms with Crippen molar-refractivity contribution in [2.45, 2.75) is 77.5 Å². The molecule has 0 saturated carbocycles. The molecule has 2 saturated heterocycles. The molecular formula is C16H30O6.